The lowest BCUT2D eigenvalue weighted by atomic mass is 10.4. The summed E-state index contributed by atoms with van der Waals surface area (Å²) in [5.74, 6) is 0.00338. The van der Waals surface area contributed by atoms with E-state index in [2.05, 4.69) is 19.9 Å². The molecular weight excluding hydrogens is 309 g/mol. The third kappa shape index (κ3) is 4.28. The summed E-state index contributed by atoms with van der Waals surface area (Å²) in [5, 5.41) is -0.174. The van der Waals surface area contributed by atoms with Crippen LogP contribution in [0.2, 0.25) is 5.28 Å². The van der Waals surface area contributed by atoms with Crippen LogP contribution >= 0.6 is 11.6 Å². The number of aromatic nitrogens is 5. The number of rotatable bonds is 5. The van der Waals surface area contributed by atoms with Gasteiger partial charge >= 0.3 is 6.18 Å². The summed E-state index contributed by atoms with van der Waals surface area (Å²) >= 11 is 5.78. The van der Waals surface area contributed by atoms with Gasteiger partial charge in [0.25, 0.3) is 0 Å². The molecule has 2 rings (SSSR count). The molecule has 0 aromatic carbocycles. The highest BCUT2D eigenvalue weighted by Crippen LogP contribution is 2.21. The van der Waals surface area contributed by atoms with Gasteiger partial charge in [0.2, 0.25) is 17.2 Å². The Balaban J connectivity index is 2.36. The number of imidazole rings is 1. The number of hydrogen-bond acceptors (Lipinski definition) is 5. The molecule has 2 aromatic heterocycles. The minimum absolute atomic E-state index is 0.113. The summed E-state index contributed by atoms with van der Waals surface area (Å²) in [6.07, 6.45) is 0.632. The van der Waals surface area contributed by atoms with Crippen molar-refractivity contribution >= 4 is 17.5 Å². The minimum atomic E-state index is -4.36. The lowest BCUT2D eigenvalue weighted by molar-refractivity contribution is -0.119. The molecule has 0 fully saturated rings. The van der Waals surface area contributed by atoms with Gasteiger partial charge in [-0.05, 0) is 18.0 Å². The van der Waals surface area contributed by atoms with E-state index in [-0.39, 0.29) is 23.7 Å². The molecule has 0 aliphatic carbocycles. The predicted molar refractivity (Wildman–Crippen MR) is 70.5 cm³/mol. The molecule has 114 valence electrons. The van der Waals surface area contributed by atoms with Crippen molar-refractivity contribution in [2.45, 2.75) is 19.5 Å². The van der Waals surface area contributed by atoms with Crippen molar-refractivity contribution in [3.8, 4) is 5.95 Å². The van der Waals surface area contributed by atoms with Crippen molar-refractivity contribution in [2.24, 2.45) is 0 Å². The van der Waals surface area contributed by atoms with E-state index >= 15 is 0 Å². The van der Waals surface area contributed by atoms with Gasteiger partial charge in [-0.2, -0.15) is 28.1 Å². The van der Waals surface area contributed by atoms with Gasteiger partial charge in [0, 0.05) is 18.9 Å². The molecule has 0 spiro atoms. The zero-order chi connectivity index (χ0) is 15.5. The number of alkyl halides is 3. The topological polar surface area (TPSA) is 59.7 Å². The SMILES string of the molecule is CCCN(CC(F)(F)F)c1nc(Cl)nc(-n2ccnc2)n1. The fourth-order valence-electron chi connectivity index (χ4n) is 1.70. The Morgan fingerprint density at radius 1 is 1.29 bits per heavy atom. The van der Waals surface area contributed by atoms with Crippen LogP contribution in [0, 0.1) is 0 Å². The van der Waals surface area contributed by atoms with Gasteiger partial charge in [0.05, 0.1) is 0 Å². The molecule has 0 unspecified atom stereocenters. The molecule has 2 heterocycles. The monoisotopic (exact) mass is 320 g/mol. The second kappa shape index (κ2) is 6.25. The summed E-state index contributed by atoms with van der Waals surface area (Å²) in [5.41, 5.74) is 0. The quantitative estimate of drug-likeness (QED) is 0.847. The lowest BCUT2D eigenvalue weighted by Crippen LogP contribution is -2.36. The lowest BCUT2D eigenvalue weighted by Gasteiger charge is -2.23. The van der Waals surface area contributed by atoms with E-state index < -0.39 is 12.7 Å². The largest absolute Gasteiger partial charge is 0.406 e. The summed E-state index contributed by atoms with van der Waals surface area (Å²) in [6.45, 7) is 0.775. The third-order valence-electron chi connectivity index (χ3n) is 2.47. The first-order valence-corrected chi connectivity index (χ1v) is 6.48. The first-order chi connectivity index (χ1) is 9.89. The summed E-state index contributed by atoms with van der Waals surface area (Å²) in [7, 11) is 0. The standard InChI is InChI=1S/C11H12ClF3N6/c1-2-4-20(6-11(13,14)15)9-17-8(12)18-10(19-9)21-5-3-16-7-21/h3,5,7H,2,4,6H2,1H3. The highest BCUT2D eigenvalue weighted by atomic mass is 35.5. The van der Waals surface area contributed by atoms with E-state index in [0.717, 1.165) is 4.90 Å². The molecule has 0 atom stereocenters. The molecule has 0 N–H and O–H groups in total. The molecule has 21 heavy (non-hydrogen) atoms. The van der Waals surface area contributed by atoms with Crippen LogP contribution in [0.5, 0.6) is 0 Å². The van der Waals surface area contributed by atoms with Gasteiger partial charge in [-0.25, -0.2) is 4.98 Å². The van der Waals surface area contributed by atoms with Gasteiger partial charge in [-0.15, -0.1) is 0 Å². The molecule has 2 aromatic rings. The van der Waals surface area contributed by atoms with Crippen LogP contribution in [-0.2, 0) is 0 Å². The van der Waals surface area contributed by atoms with Crippen LogP contribution in [0.1, 0.15) is 13.3 Å². The summed E-state index contributed by atoms with van der Waals surface area (Å²) in [4.78, 5) is 16.5. The van der Waals surface area contributed by atoms with Gasteiger partial charge in [0.1, 0.15) is 12.9 Å². The summed E-state index contributed by atoms with van der Waals surface area (Å²) in [6, 6.07) is 0. The maximum Gasteiger partial charge on any atom is 0.406 e. The molecule has 6 nitrogen and oxygen atoms in total. The first kappa shape index (κ1) is 15.5. The average Bonchev–Trinajstić information content (AvgIpc) is 2.90. The number of nitrogens with zero attached hydrogens (tertiary/aromatic N) is 6. The Bertz CT molecular complexity index is 586. The average molecular weight is 321 g/mol. The highest BCUT2D eigenvalue weighted by molar-refractivity contribution is 6.28. The predicted octanol–water partition coefficient (Wildman–Crippen LogP) is 2.49. The molecule has 0 saturated carbocycles. The van der Waals surface area contributed by atoms with Crippen molar-refractivity contribution in [3.05, 3.63) is 24.0 Å². The van der Waals surface area contributed by atoms with Gasteiger partial charge in [-0.1, -0.05) is 6.92 Å². The highest BCUT2D eigenvalue weighted by Gasteiger charge is 2.32. The van der Waals surface area contributed by atoms with Crippen molar-refractivity contribution < 1.29 is 13.2 Å². The maximum absolute atomic E-state index is 12.6. The van der Waals surface area contributed by atoms with E-state index in [4.69, 9.17) is 11.6 Å². The molecule has 0 aliphatic rings. The normalized spacial score (nSPS) is 11.7. The molecular formula is C11H12ClF3N6. The van der Waals surface area contributed by atoms with Crippen LogP contribution in [0.15, 0.2) is 18.7 Å². The van der Waals surface area contributed by atoms with Crippen LogP contribution in [0.3, 0.4) is 0 Å². The Hall–Kier alpha value is -1.90. The molecule has 0 saturated heterocycles. The van der Waals surface area contributed by atoms with Gasteiger partial charge < -0.3 is 4.90 Å². The number of anilines is 1. The Morgan fingerprint density at radius 2 is 2.05 bits per heavy atom. The van der Waals surface area contributed by atoms with Crippen molar-refractivity contribution in [2.75, 3.05) is 18.0 Å². The van der Waals surface area contributed by atoms with Crippen LogP contribution < -0.4 is 4.90 Å². The van der Waals surface area contributed by atoms with Crippen LogP contribution in [0.25, 0.3) is 5.95 Å². The second-order valence-corrected chi connectivity index (χ2v) is 4.55. The van der Waals surface area contributed by atoms with Crippen molar-refractivity contribution in [3.63, 3.8) is 0 Å². The van der Waals surface area contributed by atoms with Crippen LogP contribution in [0.4, 0.5) is 19.1 Å². The Morgan fingerprint density at radius 3 is 2.62 bits per heavy atom. The fraction of sp³-hybridized carbons (Fsp3) is 0.455. The first-order valence-electron chi connectivity index (χ1n) is 6.10. The summed E-state index contributed by atoms with van der Waals surface area (Å²) < 4.78 is 39.3. The van der Waals surface area contributed by atoms with Gasteiger partial charge in [0.15, 0.2) is 0 Å². The molecule has 0 bridgehead atoms. The van der Waals surface area contributed by atoms with Crippen molar-refractivity contribution in [1.29, 1.82) is 0 Å². The molecule has 10 heteroatoms. The minimum Gasteiger partial charge on any atom is -0.332 e. The van der Waals surface area contributed by atoms with Crippen LogP contribution in [-0.4, -0.2) is 43.8 Å². The molecule has 0 amide bonds. The van der Waals surface area contributed by atoms with E-state index in [1.165, 1.54) is 17.1 Å². The third-order valence-corrected chi connectivity index (χ3v) is 2.64. The zero-order valence-corrected chi connectivity index (χ0v) is 11.8. The molecule has 0 radical (unpaired) electrons. The number of halogens is 4. The fourth-order valence-corrected chi connectivity index (χ4v) is 1.85. The smallest absolute Gasteiger partial charge is 0.332 e. The Kier molecular flexibility index (Phi) is 4.61. The van der Waals surface area contributed by atoms with E-state index in [1.54, 1.807) is 13.1 Å². The van der Waals surface area contributed by atoms with Crippen molar-refractivity contribution in [1.82, 2.24) is 24.5 Å². The zero-order valence-electron chi connectivity index (χ0n) is 11.0. The molecule has 0 aliphatic heterocycles. The van der Waals surface area contributed by atoms with E-state index in [0.29, 0.717) is 6.42 Å². The van der Waals surface area contributed by atoms with Gasteiger partial charge in [-0.3, -0.25) is 4.57 Å². The second-order valence-electron chi connectivity index (χ2n) is 4.21. The number of hydrogen-bond donors (Lipinski definition) is 0. The van der Waals surface area contributed by atoms with E-state index in [9.17, 15) is 13.2 Å². The maximum atomic E-state index is 12.6. The van der Waals surface area contributed by atoms with E-state index in [1.807, 2.05) is 0 Å². The Labute approximate surface area is 123 Å².